The second-order valence-electron chi connectivity index (χ2n) is 7.96. The molecule has 20 heavy (non-hydrogen) atoms. The monoisotopic (exact) mass is 274 g/mol. The van der Waals surface area contributed by atoms with E-state index in [2.05, 4.69) is 47.6 Å². The Balaban J connectivity index is 2.65. The predicted octanol–water partition coefficient (Wildman–Crippen LogP) is 5.53. The van der Waals surface area contributed by atoms with Crippen LogP contribution in [0.15, 0.2) is 6.07 Å². The molecule has 1 aliphatic rings. The molecule has 0 aromatic heterocycles. The SMILES string of the molecule is Cc1cc(C(C)(C)C)c(O)c(C2(C)CCCCC2)c1C. The van der Waals surface area contributed by atoms with E-state index in [4.69, 9.17) is 0 Å². The lowest BCUT2D eigenvalue weighted by Crippen LogP contribution is -2.27. The first-order chi connectivity index (χ1) is 9.17. The van der Waals surface area contributed by atoms with Gasteiger partial charge in [0.1, 0.15) is 5.75 Å². The molecular formula is C19H30O. The van der Waals surface area contributed by atoms with Gasteiger partial charge in [-0.3, -0.25) is 0 Å². The summed E-state index contributed by atoms with van der Waals surface area (Å²) in [5.41, 5.74) is 5.07. The number of hydrogen-bond acceptors (Lipinski definition) is 1. The quantitative estimate of drug-likeness (QED) is 0.714. The summed E-state index contributed by atoms with van der Waals surface area (Å²) in [6, 6.07) is 2.18. The van der Waals surface area contributed by atoms with Crippen molar-refractivity contribution in [1.82, 2.24) is 0 Å². The van der Waals surface area contributed by atoms with Gasteiger partial charge in [0.15, 0.2) is 0 Å². The van der Waals surface area contributed by atoms with Crippen molar-refractivity contribution in [2.24, 2.45) is 0 Å². The van der Waals surface area contributed by atoms with E-state index < -0.39 is 0 Å². The topological polar surface area (TPSA) is 20.2 Å². The fourth-order valence-corrected chi connectivity index (χ4v) is 3.79. The lowest BCUT2D eigenvalue weighted by molar-refractivity contribution is 0.304. The molecule has 112 valence electrons. The number of hydrogen-bond donors (Lipinski definition) is 1. The summed E-state index contributed by atoms with van der Waals surface area (Å²) in [6.07, 6.45) is 6.32. The maximum atomic E-state index is 10.9. The molecule has 0 spiro atoms. The summed E-state index contributed by atoms with van der Waals surface area (Å²) in [7, 11) is 0. The fraction of sp³-hybridized carbons (Fsp3) is 0.684. The highest BCUT2D eigenvalue weighted by Gasteiger charge is 2.35. The molecule has 0 atom stereocenters. The average Bonchev–Trinajstić information content (AvgIpc) is 2.33. The molecule has 1 saturated carbocycles. The smallest absolute Gasteiger partial charge is 0.123 e. The Morgan fingerprint density at radius 3 is 2.10 bits per heavy atom. The van der Waals surface area contributed by atoms with Crippen LogP contribution in [0.1, 0.15) is 82.1 Å². The molecule has 0 heterocycles. The van der Waals surface area contributed by atoms with Gasteiger partial charge in [0.25, 0.3) is 0 Å². The number of aromatic hydroxyl groups is 1. The number of phenols is 1. The van der Waals surface area contributed by atoms with Crippen LogP contribution >= 0.6 is 0 Å². The van der Waals surface area contributed by atoms with E-state index in [9.17, 15) is 5.11 Å². The lowest BCUT2D eigenvalue weighted by atomic mass is 9.67. The molecule has 1 N–H and O–H groups in total. The third kappa shape index (κ3) is 2.60. The first-order valence-electron chi connectivity index (χ1n) is 8.01. The zero-order valence-corrected chi connectivity index (χ0v) is 14.1. The van der Waals surface area contributed by atoms with Gasteiger partial charge in [-0.25, -0.2) is 0 Å². The van der Waals surface area contributed by atoms with E-state index in [0.717, 1.165) is 5.56 Å². The first kappa shape index (κ1) is 15.4. The summed E-state index contributed by atoms with van der Waals surface area (Å²) in [5, 5.41) is 10.9. The van der Waals surface area contributed by atoms with Crippen molar-refractivity contribution in [2.45, 2.75) is 84.5 Å². The van der Waals surface area contributed by atoms with Gasteiger partial charge in [-0.15, -0.1) is 0 Å². The Morgan fingerprint density at radius 1 is 1.05 bits per heavy atom. The van der Waals surface area contributed by atoms with E-state index in [1.165, 1.54) is 48.8 Å². The van der Waals surface area contributed by atoms with Crippen LogP contribution in [0.3, 0.4) is 0 Å². The van der Waals surface area contributed by atoms with Crippen LogP contribution in [0.25, 0.3) is 0 Å². The molecule has 1 aliphatic carbocycles. The third-order valence-corrected chi connectivity index (χ3v) is 5.19. The molecule has 1 aromatic rings. The van der Waals surface area contributed by atoms with Crippen LogP contribution < -0.4 is 0 Å². The number of phenolic OH excluding ortho intramolecular Hbond substituents is 1. The molecule has 0 saturated heterocycles. The van der Waals surface area contributed by atoms with Crippen LogP contribution in [0.2, 0.25) is 0 Å². The standard InChI is InChI=1S/C19H30O/c1-13-12-15(18(3,4)5)17(20)16(14(13)2)19(6)10-8-7-9-11-19/h12,20H,7-11H2,1-6H3. The van der Waals surface area contributed by atoms with Crippen LogP contribution in [0, 0.1) is 13.8 Å². The van der Waals surface area contributed by atoms with E-state index in [1.54, 1.807) is 0 Å². The van der Waals surface area contributed by atoms with Gasteiger partial charge in [-0.1, -0.05) is 53.0 Å². The van der Waals surface area contributed by atoms with Gasteiger partial charge >= 0.3 is 0 Å². The second kappa shape index (κ2) is 5.09. The van der Waals surface area contributed by atoms with E-state index in [0.29, 0.717) is 5.75 Å². The molecule has 0 bridgehead atoms. The number of rotatable bonds is 1. The van der Waals surface area contributed by atoms with E-state index >= 15 is 0 Å². The maximum absolute atomic E-state index is 10.9. The van der Waals surface area contributed by atoms with Crippen LogP contribution in [0.4, 0.5) is 0 Å². The van der Waals surface area contributed by atoms with Crippen molar-refractivity contribution in [1.29, 1.82) is 0 Å². The highest BCUT2D eigenvalue weighted by Crippen LogP contribution is 2.48. The van der Waals surface area contributed by atoms with Crippen LogP contribution in [-0.2, 0) is 10.8 Å². The average molecular weight is 274 g/mol. The van der Waals surface area contributed by atoms with Crippen molar-refractivity contribution in [3.63, 3.8) is 0 Å². The van der Waals surface area contributed by atoms with Gasteiger partial charge in [0.2, 0.25) is 0 Å². The van der Waals surface area contributed by atoms with Gasteiger partial charge in [-0.2, -0.15) is 0 Å². The van der Waals surface area contributed by atoms with Gasteiger partial charge < -0.3 is 5.11 Å². The summed E-state index contributed by atoms with van der Waals surface area (Å²) in [4.78, 5) is 0. The largest absolute Gasteiger partial charge is 0.507 e. The van der Waals surface area contributed by atoms with Gasteiger partial charge in [-0.05, 0) is 54.2 Å². The molecule has 1 aromatic carbocycles. The molecule has 0 amide bonds. The van der Waals surface area contributed by atoms with Gasteiger partial charge in [0.05, 0.1) is 0 Å². The van der Waals surface area contributed by atoms with Crippen molar-refractivity contribution >= 4 is 0 Å². The first-order valence-corrected chi connectivity index (χ1v) is 8.01. The Kier molecular flexibility index (Phi) is 3.92. The Labute approximate surface area is 124 Å². The third-order valence-electron chi connectivity index (χ3n) is 5.19. The highest BCUT2D eigenvalue weighted by atomic mass is 16.3. The zero-order chi connectivity index (χ0) is 15.1. The van der Waals surface area contributed by atoms with Crippen molar-refractivity contribution in [3.8, 4) is 5.75 Å². The molecule has 0 aliphatic heterocycles. The van der Waals surface area contributed by atoms with Gasteiger partial charge in [0, 0.05) is 5.56 Å². The van der Waals surface area contributed by atoms with Crippen molar-refractivity contribution in [2.75, 3.05) is 0 Å². The second-order valence-corrected chi connectivity index (χ2v) is 7.96. The minimum atomic E-state index is -0.0116. The summed E-state index contributed by atoms with van der Waals surface area (Å²) >= 11 is 0. The molecular weight excluding hydrogens is 244 g/mol. The lowest BCUT2D eigenvalue weighted by Gasteiger charge is -2.38. The van der Waals surface area contributed by atoms with Crippen LogP contribution in [-0.4, -0.2) is 5.11 Å². The molecule has 2 rings (SSSR count). The Hall–Kier alpha value is -0.980. The van der Waals surface area contributed by atoms with Crippen molar-refractivity contribution in [3.05, 3.63) is 28.3 Å². The Morgan fingerprint density at radius 2 is 1.60 bits per heavy atom. The van der Waals surface area contributed by atoms with E-state index in [-0.39, 0.29) is 10.8 Å². The normalized spacial score (nSPS) is 19.1. The fourth-order valence-electron chi connectivity index (χ4n) is 3.79. The Bertz CT molecular complexity index is 499. The molecule has 0 radical (unpaired) electrons. The minimum absolute atomic E-state index is 0.0116. The highest BCUT2D eigenvalue weighted by molar-refractivity contribution is 5.54. The summed E-state index contributed by atoms with van der Waals surface area (Å²) in [6.45, 7) is 13.3. The zero-order valence-electron chi connectivity index (χ0n) is 14.1. The van der Waals surface area contributed by atoms with Crippen LogP contribution in [0.5, 0.6) is 5.75 Å². The minimum Gasteiger partial charge on any atom is -0.507 e. The van der Waals surface area contributed by atoms with E-state index in [1.807, 2.05) is 0 Å². The summed E-state index contributed by atoms with van der Waals surface area (Å²) < 4.78 is 0. The molecule has 0 unspecified atom stereocenters. The number of benzene rings is 1. The predicted molar refractivity (Wildman–Crippen MR) is 86.7 cm³/mol. The molecule has 1 fully saturated rings. The molecule has 1 heteroatoms. The van der Waals surface area contributed by atoms with Crippen molar-refractivity contribution < 1.29 is 5.11 Å². The number of aryl methyl sites for hydroxylation is 1. The summed E-state index contributed by atoms with van der Waals surface area (Å²) in [5.74, 6) is 0.560. The maximum Gasteiger partial charge on any atom is 0.123 e. The molecule has 1 nitrogen and oxygen atoms in total.